The number of aromatic nitrogens is 2. The van der Waals surface area contributed by atoms with Gasteiger partial charge in [0.1, 0.15) is 5.82 Å². The van der Waals surface area contributed by atoms with E-state index < -0.39 is 0 Å². The summed E-state index contributed by atoms with van der Waals surface area (Å²) >= 11 is 0. The molecule has 1 amide bonds. The minimum absolute atomic E-state index is 0.0235. The largest absolute Gasteiger partial charge is 0.330 e. The van der Waals surface area contributed by atoms with Crippen LogP contribution in [0.5, 0.6) is 0 Å². The van der Waals surface area contributed by atoms with Crippen LogP contribution in [0, 0.1) is 6.92 Å². The summed E-state index contributed by atoms with van der Waals surface area (Å²) in [5, 5.41) is 7.31. The first-order chi connectivity index (χ1) is 9.69. The minimum atomic E-state index is -0.0235. The average molecular weight is 272 g/mol. The summed E-state index contributed by atoms with van der Waals surface area (Å²) in [5.41, 5.74) is 7.44. The van der Waals surface area contributed by atoms with Gasteiger partial charge >= 0.3 is 0 Å². The first-order valence-corrected chi connectivity index (χ1v) is 6.77. The highest BCUT2D eigenvalue weighted by Crippen LogP contribution is 2.13. The van der Waals surface area contributed by atoms with Crippen LogP contribution in [0.3, 0.4) is 0 Å². The Labute approximate surface area is 118 Å². The van der Waals surface area contributed by atoms with Crippen molar-refractivity contribution in [2.75, 3.05) is 11.9 Å². The number of hydrogen-bond acceptors (Lipinski definition) is 3. The third-order valence-corrected chi connectivity index (χ3v) is 2.95. The molecule has 1 heterocycles. The molecule has 1 aromatic carbocycles. The van der Waals surface area contributed by atoms with Crippen LogP contribution in [0.25, 0.3) is 0 Å². The van der Waals surface area contributed by atoms with Gasteiger partial charge in [-0.1, -0.05) is 30.3 Å². The van der Waals surface area contributed by atoms with Gasteiger partial charge in [-0.15, -0.1) is 0 Å². The topological polar surface area (TPSA) is 72.9 Å². The molecule has 0 aliphatic carbocycles. The van der Waals surface area contributed by atoms with E-state index in [-0.39, 0.29) is 5.91 Å². The van der Waals surface area contributed by atoms with Gasteiger partial charge in [-0.3, -0.25) is 4.79 Å². The molecule has 0 saturated heterocycles. The highest BCUT2D eigenvalue weighted by molar-refractivity contribution is 5.89. The molecule has 0 saturated carbocycles. The van der Waals surface area contributed by atoms with Crippen molar-refractivity contribution in [3.05, 3.63) is 47.7 Å². The maximum Gasteiger partial charge on any atom is 0.225 e. The maximum atomic E-state index is 11.8. The lowest BCUT2D eigenvalue weighted by Gasteiger charge is -2.09. The van der Waals surface area contributed by atoms with Crippen molar-refractivity contribution in [2.24, 2.45) is 5.73 Å². The maximum absolute atomic E-state index is 11.8. The molecular formula is C15H20N4O. The van der Waals surface area contributed by atoms with Gasteiger partial charge in [-0.05, 0) is 25.5 Å². The van der Waals surface area contributed by atoms with Crippen LogP contribution in [-0.2, 0) is 11.3 Å². The van der Waals surface area contributed by atoms with Gasteiger partial charge in [-0.2, -0.15) is 5.10 Å². The highest BCUT2D eigenvalue weighted by atomic mass is 16.1. The molecule has 0 spiro atoms. The molecule has 20 heavy (non-hydrogen) atoms. The van der Waals surface area contributed by atoms with E-state index in [9.17, 15) is 4.79 Å². The first kappa shape index (κ1) is 14.3. The Morgan fingerprint density at radius 1 is 1.35 bits per heavy atom. The van der Waals surface area contributed by atoms with Gasteiger partial charge in [0.25, 0.3) is 0 Å². The first-order valence-electron chi connectivity index (χ1n) is 6.77. The number of aryl methyl sites for hydroxylation is 1. The molecule has 2 aromatic rings. The van der Waals surface area contributed by atoms with E-state index >= 15 is 0 Å². The molecule has 0 aliphatic heterocycles. The van der Waals surface area contributed by atoms with Gasteiger partial charge in [0, 0.05) is 12.5 Å². The third kappa shape index (κ3) is 3.93. The molecule has 5 heteroatoms. The molecule has 2 rings (SSSR count). The third-order valence-electron chi connectivity index (χ3n) is 2.95. The summed E-state index contributed by atoms with van der Waals surface area (Å²) in [4.78, 5) is 11.8. The second kappa shape index (κ2) is 6.86. The van der Waals surface area contributed by atoms with Crippen LogP contribution in [-0.4, -0.2) is 22.2 Å². The number of nitrogens with two attached hydrogens (primary N) is 1. The van der Waals surface area contributed by atoms with E-state index in [4.69, 9.17) is 5.73 Å². The SMILES string of the molecule is Cc1cc(NC(=O)CCCN)n(Cc2ccccc2)n1. The molecule has 1 aromatic heterocycles. The molecule has 0 bridgehead atoms. The van der Waals surface area contributed by atoms with Gasteiger partial charge in [-0.25, -0.2) is 4.68 Å². The lowest BCUT2D eigenvalue weighted by molar-refractivity contribution is -0.116. The zero-order chi connectivity index (χ0) is 14.4. The Hall–Kier alpha value is -2.14. The monoisotopic (exact) mass is 272 g/mol. The van der Waals surface area contributed by atoms with Crippen LogP contribution in [0.1, 0.15) is 24.1 Å². The molecular weight excluding hydrogens is 252 g/mol. The van der Waals surface area contributed by atoms with E-state index in [1.54, 1.807) is 0 Å². The zero-order valence-electron chi connectivity index (χ0n) is 11.7. The number of hydrogen-bond donors (Lipinski definition) is 2. The van der Waals surface area contributed by atoms with Gasteiger partial charge in [0.15, 0.2) is 0 Å². The number of carbonyl (C=O) groups is 1. The number of nitrogens with one attached hydrogen (secondary N) is 1. The van der Waals surface area contributed by atoms with E-state index in [2.05, 4.69) is 10.4 Å². The van der Waals surface area contributed by atoms with Crippen LogP contribution >= 0.6 is 0 Å². The van der Waals surface area contributed by atoms with Crippen LogP contribution in [0.2, 0.25) is 0 Å². The van der Waals surface area contributed by atoms with Crippen molar-refractivity contribution in [1.29, 1.82) is 0 Å². The fourth-order valence-corrected chi connectivity index (χ4v) is 1.99. The summed E-state index contributed by atoms with van der Waals surface area (Å²) in [7, 11) is 0. The summed E-state index contributed by atoms with van der Waals surface area (Å²) < 4.78 is 1.81. The van der Waals surface area contributed by atoms with E-state index in [1.165, 1.54) is 0 Å². The van der Waals surface area contributed by atoms with Crippen molar-refractivity contribution < 1.29 is 4.79 Å². The number of rotatable bonds is 6. The van der Waals surface area contributed by atoms with Crippen LogP contribution in [0.4, 0.5) is 5.82 Å². The molecule has 0 radical (unpaired) electrons. The molecule has 106 valence electrons. The second-order valence-electron chi connectivity index (χ2n) is 4.75. The Kier molecular flexibility index (Phi) is 4.90. The van der Waals surface area contributed by atoms with Gasteiger partial charge in [0.2, 0.25) is 5.91 Å². The van der Waals surface area contributed by atoms with Crippen molar-refractivity contribution in [2.45, 2.75) is 26.3 Å². The molecule has 3 N–H and O–H groups in total. The number of benzene rings is 1. The number of carbonyl (C=O) groups excluding carboxylic acids is 1. The van der Waals surface area contributed by atoms with Crippen molar-refractivity contribution in [1.82, 2.24) is 9.78 Å². The zero-order valence-corrected chi connectivity index (χ0v) is 11.7. The highest BCUT2D eigenvalue weighted by Gasteiger charge is 2.09. The fourth-order valence-electron chi connectivity index (χ4n) is 1.99. The lowest BCUT2D eigenvalue weighted by atomic mass is 10.2. The quantitative estimate of drug-likeness (QED) is 0.843. The molecule has 0 atom stereocenters. The second-order valence-corrected chi connectivity index (χ2v) is 4.75. The molecule has 5 nitrogen and oxygen atoms in total. The van der Waals surface area contributed by atoms with E-state index in [0.29, 0.717) is 25.9 Å². The summed E-state index contributed by atoms with van der Waals surface area (Å²) in [5.74, 6) is 0.707. The van der Waals surface area contributed by atoms with E-state index in [1.807, 2.05) is 48.0 Å². The van der Waals surface area contributed by atoms with Gasteiger partial charge < -0.3 is 11.1 Å². The summed E-state index contributed by atoms with van der Waals surface area (Å²) in [6.07, 6.45) is 1.13. The Morgan fingerprint density at radius 3 is 2.80 bits per heavy atom. The minimum Gasteiger partial charge on any atom is -0.330 e. The van der Waals surface area contributed by atoms with Crippen LogP contribution < -0.4 is 11.1 Å². The Bertz CT molecular complexity index is 563. The number of anilines is 1. The predicted molar refractivity (Wildman–Crippen MR) is 79.4 cm³/mol. The molecule has 0 fully saturated rings. The number of amides is 1. The predicted octanol–water partition coefficient (Wildman–Crippen LogP) is 1.92. The Morgan fingerprint density at radius 2 is 2.10 bits per heavy atom. The molecule has 0 unspecified atom stereocenters. The number of nitrogens with zero attached hydrogens (tertiary/aromatic N) is 2. The smallest absolute Gasteiger partial charge is 0.225 e. The van der Waals surface area contributed by atoms with Crippen molar-refractivity contribution in [3.8, 4) is 0 Å². The lowest BCUT2D eigenvalue weighted by Crippen LogP contribution is -2.17. The standard InChI is InChI=1S/C15H20N4O/c1-12-10-14(17-15(20)8-5-9-16)19(18-12)11-13-6-3-2-4-7-13/h2-4,6-7,10H,5,8-9,11,16H2,1H3,(H,17,20). The van der Waals surface area contributed by atoms with Crippen LogP contribution in [0.15, 0.2) is 36.4 Å². The fraction of sp³-hybridized carbons (Fsp3) is 0.333. The van der Waals surface area contributed by atoms with Crippen molar-refractivity contribution in [3.63, 3.8) is 0 Å². The average Bonchev–Trinajstić information content (AvgIpc) is 2.77. The normalized spacial score (nSPS) is 10.5. The molecule has 0 aliphatic rings. The Balaban J connectivity index is 2.08. The van der Waals surface area contributed by atoms with Crippen molar-refractivity contribution >= 4 is 11.7 Å². The summed E-state index contributed by atoms with van der Waals surface area (Å²) in [6.45, 7) is 3.08. The van der Waals surface area contributed by atoms with Gasteiger partial charge in [0.05, 0.1) is 12.2 Å². The summed E-state index contributed by atoms with van der Waals surface area (Å²) in [6, 6.07) is 11.9. The van der Waals surface area contributed by atoms with E-state index in [0.717, 1.165) is 17.1 Å².